The third-order valence-corrected chi connectivity index (χ3v) is 4.93. The van der Waals surface area contributed by atoms with Crippen LogP contribution in [0.1, 0.15) is 80.9 Å². The Kier molecular flexibility index (Phi) is 7.36. The van der Waals surface area contributed by atoms with Crippen LogP contribution in [0.2, 0.25) is 5.02 Å². The van der Waals surface area contributed by atoms with Crippen molar-refractivity contribution in [3.63, 3.8) is 0 Å². The summed E-state index contributed by atoms with van der Waals surface area (Å²) >= 11 is 5.85. The molecule has 0 spiro atoms. The molecule has 1 aliphatic carbocycles. The Hall–Kier alpha value is -2.55. The van der Waals surface area contributed by atoms with Gasteiger partial charge >= 0.3 is 0 Å². The number of alkyl halides is 2. The fraction of sp³-hybridized carbons (Fsp3) is 0.500. The van der Waals surface area contributed by atoms with Gasteiger partial charge in [0.2, 0.25) is 0 Å². The lowest BCUT2D eigenvalue weighted by atomic mass is 9.96. The highest BCUT2D eigenvalue weighted by Crippen LogP contribution is 2.32. The zero-order chi connectivity index (χ0) is 21.7. The molecule has 1 amide bonds. The van der Waals surface area contributed by atoms with Crippen LogP contribution >= 0.6 is 11.6 Å². The molecule has 1 fully saturated rings. The summed E-state index contributed by atoms with van der Waals surface area (Å²) in [6.45, 7) is 4.25. The summed E-state index contributed by atoms with van der Waals surface area (Å²) in [6, 6.07) is 0.0858. The first-order chi connectivity index (χ1) is 14.4. The molecule has 7 nitrogen and oxygen atoms in total. The van der Waals surface area contributed by atoms with Gasteiger partial charge in [-0.3, -0.25) is 9.48 Å². The number of carbonyl (C=O) groups excluding carboxylic acids is 1. The number of hydrogen-bond donors (Lipinski definition) is 1. The van der Waals surface area contributed by atoms with Crippen LogP contribution in [-0.4, -0.2) is 30.3 Å². The highest BCUT2D eigenvalue weighted by Gasteiger charge is 2.25. The normalized spacial score (nSPS) is 14.6. The standard InChI is InChI=1S/C17H17ClF2N6O.C3H8/c18-10-6-21-16-12(7-22-26(16)8-10)17(27)23-13-9-25(24-14(13)15(19)20)11-4-2-1-3-5-11;1-3-2/h6-9,11,15H,1-5H2,(H,23,27);3H2,1-2H3. The number of carbonyl (C=O) groups is 1. The van der Waals surface area contributed by atoms with Crippen LogP contribution in [0.3, 0.4) is 0 Å². The number of aromatic nitrogens is 5. The summed E-state index contributed by atoms with van der Waals surface area (Å²) in [5.74, 6) is -0.579. The minimum absolute atomic E-state index is 0.00823. The maximum atomic E-state index is 13.4. The lowest BCUT2D eigenvalue weighted by Crippen LogP contribution is -2.13. The fourth-order valence-corrected chi connectivity index (χ4v) is 3.54. The summed E-state index contributed by atoms with van der Waals surface area (Å²) in [6.07, 6.45) is 9.22. The number of amides is 1. The average molecular weight is 439 g/mol. The van der Waals surface area contributed by atoms with Crippen molar-refractivity contribution in [3.05, 3.63) is 41.1 Å². The third kappa shape index (κ3) is 4.95. The van der Waals surface area contributed by atoms with Crippen molar-refractivity contribution in [2.45, 2.75) is 64.8 Å². The Morgan fingerprint density at radius 3 is 2.60 bits per heavy atom. The van der Waals surface area contributed by atoms with Crippen LogP contribution in [0.4, 0.5) is 14.5 Å². The number of halogens is 3. The van der Waals surface area contributed by atoms with Gasteiger partial charge in [-0.25, -0.2) is 18.3 Å². The van der Waals surface area contributed by atoms with Crippen molar-refractivity contribution in [2.24, 2.45) is 0 Å². The quantitative estimate of drug-likeness (QED) is 0.567. The first-order valence-corrected chi connectivity index (χ1v) is 10.5. The topological polar surface area (TPSA) is 77.1 Å². The maximum absolute atomic E-state index is 13.4. The number of anilines is 1. The lowest BCUT2D eigenvalue weighted by Gasteiger charge is -2.21. The molecule has 30 heavy (non-hydrogen) atoms. The first-order valence-electron chi connectivity index (χ1n) is 10.1. The maximum Gasteiger partial charge on any atom is 0.284 e. The van der Waals surface area contributed by atoms with Gasteiger partial charge in [-0.1, -0.05) is 51.1 Å². The molecule has 3 heterocycles. The summed E-state index contributed by atoms with van der Waals surface area (Å²) in [4.78, 5) is 16.7. The highest BCUT2D eigenvalue weighted by molar-refractivity contribution is 6.30. The molecule has 4 rings (SSSR count). The number of nitrogens with zero attached hydrogens (tertiary/aromatic N) is 5. The van der Waals surface area contributed by atoms with Crippen LogP contribution in [0.15, 0.2) is 24.8 Å². The summed E-state index contributed by atoms with van der Waals surface area (Å²) in [7, 11) is 0. The second-order valence-corrected chi connectivity index (χ2v) is 7.70. The van der Waals surface area contributed by atoms with Gasteiger partial charge < -0.3 is 5.32 Å². The molecule has 1 saturated carbocycles. The molecule has 1 aliphatic rings. The van der Waals surface area contributed by atoms with Crippen molar-refractivity contribution in [1.29, 1.82) is 0 Å². The second kappa shape index (κ2) is 9.97. The molecule has 0 radical (unpaired) electrons. The molecular weight excluding hydrogens is 414 g/mol. The molecule has 0 atom stereocenters. The number of rotatable bonds is 4. The van der Waals surface area contributed by atoms with Gasteiger partial charge in [0.1, 0.15) is 5.56 Å². The van der Waals surface area contributed by atoms with E-state index in [0.29, 0.717) is 5.02 Å². The molecule has 162 valence electrons. The van der Waals surface area contributed by atoms with E-state index < -0.39 is 18.0 Å². The Bertz CT molecular complexity index is 997. The van der Waals surface area contributed by atoms with E-state index in [1.807, 2.05) is 0 Å². The van der Waals surface area contributed by atoms with Crippen LogP contribution in [0.5, 0.6) is 0 Å². The van der Waals surface area contributed by atoms with E-state index >= 15 is 0 Å². The molecule has 10 heteroatoms. The fourth-order valence-electron chi connectivity index (χ4n) is 3.40. The Balaban J connectivity index is 0.000000806. The molecular formula is C20H25ClF2N6O. The second-order valence-electron chi connectivity index (χ2n) is 7.26. The van der Waals surface area contributed by atoms with Crippen molar-refractivity contribution in [1.82, 2.24) is 24.4 Å². The predicted octanol–water partition coefficient (Wildman–Crippen LogP) is 5.69. The monoisotopic (exact) mass is 438 g/mol. The van der Waals surface area contributed by atoms with Gasteiger partial charge in [-0.15, -0.1) is 0 Å². The summed E-state index contributed by atoms with van der Waals surface area (Å²) in [5, 5.41) is 11.0. The average Bonchev–Trinajstić information content (AvgIpc) is 3.33. The lowest BCUT2D eigenvalue weighted by molar-refractivity contribution is 0.102. The number of fused-ring (bicyclic) bond motifs is 1. The Labute approximate surface area is 178 Å². The smallest absolute Gasteiger partial charge is 0.284 e. The van der Waals surface area contributed by atoms with Crippen LogP contribution in [0, 0.1) is 0 Å². The molecule has 1 N–H and O–H groups in total. The van der Waals surface area contributed by atoms with E-state index in [0.717, 1.165) is 32.1 Å². The highest BCUT2D eigenvalue weighted by atomic mass is 35.5. The first kappa shape index (κ1) is 22.1. The van der Waals surface area contributed by atoms with Crippen molar-refractivity contribution < 1.29 is 13.6 Å². The molecule has 3 aromatic heterocycles. The van der Waals surface area contributed by atoms with Gasteiger partial charge in [0.05, 0.1) is 29.1 Å². The van der Waals surface area contributed by atoms with E-state index in [4.69, 9.17) is 11.6 Å². The molecule has 0 bridgehead atoms. The summed E-state index contributed by atoms with van der Waals surface area (Å²) < 4.78 is 29.8. The van der Waals surface area contributed by atoms with Gasteiger partial charge in [0.15, 0.2) is 11.3 Å². The van der Waals surface area contributed by atoms with E-state index in [-0.39, 0.29) is 22.9 Å². The number of nitrogens with one attached hydrogen (secondary N) is 1. The third-order valence-electron chi connectivity index (χ3n) is 4.73. The minimum atomic E-state index is -2.79. The zero-order valence-electron chi connectivity index (χ0n) is 17.0. The number of hydrogen-bond acceptors (Lipinski definition) is 4. The largest absolute Gasteiger partial charge is 0.319 e. The van der Waals surface area contributed by atoms with Crippen molar-refractivity contribution in [3.8, 4) is 0 Å². The Morgan fingerprint density at radius 2 is 1.93 bits per heavy atom. The van der Waals surface area contributed by atoms with E-state index in [1.165, 1.54) is 35.7 Å². The van der Waals surface area contributed by atoms with Gasteiger partial charge in [0.25, 0.3) is 12.3 Å². The predicted molar refractivity (Wildman–Crippen MR) is 111 cm³/mol. The Morgan fingerprint density at radius 1 is 1.23 bits per heavy atom. The molecule has 3 aromatic rings. The van der Waals surface area contributed by atoms with Gasteiger partial charge in [-0.2, -0.15) is 10.2 Å². The molecule has 0 aromatic carbocycles. The van der Waals surface area contributed by atoms with Gasteiger partial charge in [-0.05, 0) is 12.8 Å². The van der Waals surface area contributed by atoms with Crippen LogP contribution < -0.4 is 5.32 Å². The van der Waals surface area contributed by atoms with E-state index in [2.05, 4.69) is 34.3 Å². The van der Waals surface area contributed by atoms with Crippen LogP contribution in [0.25, 0.3) is 5.65 Å². The van der Waals surface area contributed by atoms with Crippen LogP contribution in [-0.2, 0) is 0 Å². The molecule has 0 saturated heterocycles. The van der Waals surface area contributed by atoms with E-state index in [1.54, 1.807) is 4.68 Å². The van der Waals surface area contributed by atoms with Gasteiger partial charge in [0, 0.05) is 12.4 Å². The van der Waals surface area contributed by atoms with Crippen molar-refractivity contribution >= 4 is 28.8 Å². The zero-order valence-corrected chi connectivity index (χ0v) is 17.7. The molecule has 0 unspecified atom stereocenters. The minimum Gasteiger partial charge on any atom is -0.319 e. The molecule has 0 aliphatic heterocycles. The van der Waals surface area contributed by atoms with E-state index in [9.17, 15) is 13.6 Å². The van der Waals surface area contributed by atoms with Crippen molar-refractivity contribution in [2.75, 3.05) is 5.32 Å². The summed E-state index contributed by atoms with van der Waals surface area (Å²) in [5.41, 5.74) is 0.0303. The SMILES string of the molecule is CCC.O=C(Nc1cn(C2CCCCC2)nc1C(F)F)c1cnn2cc(Cl)cnc12.